The summed E-state index contributed by atoms with van der Waals surface area (Å²) >= 11 is 0. The Kier molecular flexibility index (Phi) is 3.16. The summed E-state index contributed by atoms with van der Waals surface area (Å²) in [6, 6.07) is 6.52. The Hall–Kier alpha value is -1.41. The smallest absolute Gasteiger partial charge is 0.0738 e. The molecule has 96 valence electrons. The van der Waals surface area contributed by atoms with Gasteiger partial charge in [-0.05, 0) is 37.1 Å². The van der Waals surface area contributed by atoms with E-state index in [0.717, 1.165) is 11.2 Å². The predicted octanol–water partition coefficient (Wildman–Crippen LogP) is 3.61. The number of benzene rings is 1. The summed E-state index contributed by atoms with van der Waals surface area (Å²) in [6.45, 7) is 11.4. The summed E-state index contributed by atoms with van der Waals surface area (Å²) in [5, 5.41) is 1.20. The molecule has 0 bridgehead atoms. The molecular formula is C16H22N2. The van der Waals surface area contributed by atoms with Crippen molar-refractivity contribution in [2.45, 2.75) is 46.6 Å². The van der Waals surface area contributed by atoms with E-state index in [9.17, 15) is 0 Å². The number of rotatable bonds is 1. The molecule has 0 unspecified atom stereocenters. The van der Waals surface area contributed by atoms with Crippen molar-refractivity contribution in [1.29, 1.82) is 0 Å². The van der Waals surface area contributed by atoms with Gasteiger partial charge in [-0.15, -0.1) is 0 Å². The quantitative estimate of drug-likeness (QED) is 0.829. The highest BCUT2D eigenvalue weighted by molar-refractivity contribution is 5.86. The number of nitrogens with zero attached hydrogens (tertiary/aromatic N) is 1. The molecule has 2 aromatic rings. The number of nitrogens with two attached hydrogens (primary N) is 1. The fourth-order valence-corrected chi connectivity index (χ4v) is 2.30. The number of pyridine rings is 1. The fraction of sp³-hybridized carbons (Fsp3) is 0.438. The molecule has 2 heteroatoms. The second kappa shape index (κ2) is 4.36. The van der Waals surface area contributed by atoms with E-state index in [4.69, 9.17) is 10.7 Å². The van der Waals surface area contributed by atoms with Crippen molar-refractivity contribution < 1.29 is 0 Å². The number of aromatic nitrogens is 1. The highest BCUT2D eigenvalue weighted by atomic mass is 14.7. The molecule has 0 saturated carbocycles. The van der Waals surface area contributed by atoms with E-state index in [1.807, 2.05) is 0 Å². The van der Waals surface area contributed by atoms with Gasteiger partial charge in [0.1, 0.15) is 0 Å². The van der Waals surface area contributed by atoms with E-state index in [1.165, 1.54) is 22.1 Å². The Bertz CT molecular complexity index is 592. The van der Waals surface area contributed by atoms with Gasteiger partial charge in [0.15, 0.2) is 0 Å². The predicted molar refractivity (Wildman–Crippen MR) is 77.8 cm³/mol. The molecular weight excluding hydrogens is 220 g/mol. The minimum absolute atomic E-state index is 0.0510. The first kappa shape index (κ1) is 13.0. The van der Waals surface area contributed by atoms with Crippen molar-refractivity contribution in [2.75, 3.05) is 0 Å². The van der Waals surface area contributed by atoms with Crippen molar-refractivity contribution in [3.8, 4) is 0 Å². The molecule has 2 nitrogen and oxygen atoms in total. The lowest BCUT2D eigenvalue weighted by Gasteiger charge is -2.20. The van der Waals surface area contributed by atoms with Crippen LogP contribution in [-0.4, -0.2) is 4.98 Å². The zero-order valence-electron chi connectivity index (χ0n) is 12.0. The van der Waals surface area contributed by atoms with E-state index in [0.29, 0.717) is 6.54 Å². The molecule has 0 aliphatic rings. The Morgan fingerprint density at radius 3 is 2.33 bits per heavy atom. The SMILES string of the molecule is Cc1cc(C)c2nc(C(C)(C)C)cc(CN)c2c1. The van der Waals surface area contributed by atoms with Crippen molar-refractivity contribution in [2.24, 2.45) is 5.73 Å². The standard InChI is InChI=1S/C16H22N2/c1-10-6-11(2)15-13(7-10)12(9-17)8-14(18-15)16(3,4)5/h6-8H,9,17H2,1-5H3. The minimum Gasteiger partial charge on any atom is -0.326 e. The Morgan fingerprint density at radius 2 is 1.78 bits per heavy atom. The summed E-state index contributed by atoms with van der Waals surface area (Å²) in [5.74, 6) is 0. The normalized spacial score (nSPS) is 12.1. The topological polar surface area (TPSA) is 38.9 Å². The summed E-state index contributed by atoms with van der Waals surface area (Å²) in [6.07, 6.45) is 0. The fourth-order valence-electron chi connectivity index (χ4n) is 2.30. The maximum atomic E-state index is 5.90. The molecule has 0 aliphatic heterocycles. The summed E-state index contributed by atoms with van der Waals surface area (Å²) in [7, 11) is 0. The number of aryl methyl sites for hydroxylation is 2. The first-order chi connectivity index (χ1) is 8.32. The molecule has 0 spiro atoms. The Morgan fingerprint density at radius 1 is 1.11 bits per heavy atom. The van der Waals surface area contributed by atoms with Crippen molar-refractivity contribution in [1.82, 2.24) is 4.98 Å². The second-order valence-corrected chi connectivity index (χ2v) is 6.10. The molecule has 0 saturated heterocycles. The molecule has 0 amide bonds. The lowest BCUT2D eigenvalue weighted by Crippen LogP contribution is -2.15. The van der Waals surface area contributed by atoms with Crippen LogP contribution in [0.15, 0.2) is 18.2 Å². The van der Waals surface area contributed by atoms with Gasteiger partial charge in [-0.25, -0.2) is 0 Å². The van der Waals surface area contributed by atoms with Crippen molar-refractivity contribution in [3.05, 3.63) is 40.6 Å². The highest BCUT2D eigenvalue weighted by Crippen LogP contribution is 2.28. The van der Waals surface area contributed by atoms with Gasteiger partial charge in [-0.3, -0.25) is 4.98 Å². The molecule has 18 heavy (non-hydrogen) atoms. The Balaban J connectivity index is 2.84. The molecule has 1 aromatic carbocycles. The van der Waals surface area contributed by atoms with Crippen LogP contribution in [0.1, 0.15) is 43.2 Å². The summed E-state index contributed by atoms with van der Waals surface area (Å²) in [5.41, 5.74) is 11.8. The average Bonchev–Trinajstić information content (AvgIpc) is 2.26. The average molecular weight is 242 g/mol. The Labute approximate surface area is 109 Å². The van der Waals surface area contributed by atoms with E-state index >= 15 is 0 Å². The highest BCUT2D eigenvalue weighted by Gasteiger charge is 2.18. The van der Waals surface area contributed by atoms with E-state index < -0.39 is 0 Å². The van der Waals surface area contributed by atoms with Crippen LogP contribution in [0.5, 0.6) is 0 Å². The minimum atomic E-state index is 0.0510. The summed E-state index contributed by atoms with van der Waals surface area (Å²) < 4.78 is 0. The summed E-state index contributed by atoms with van der Waals surface area (Å²) in [4.78, 5) is 4.84. The maximum Gasteiger partial charge on any atom is 0.0738 e. The molecule has 1 heterocycles. The van der Waals surface area contributed by atoms with Crippen LogP contribution in [0.2, 0.25) is 0 Å². The van der Waals surface area contributed by atoms with Crippen LogP contribution < -0.4 is 5.73 Å². The first-order valence-corrected chi connectivity index (χ1v) is 6.44. The molecule has 0 fully saturated rings. The zero-order chi connectivity index (χ0) is 13.5. The first-order valence-electron chi connectivity index (χ1n) is 6.44. The third-order valence-corrected chi connectivity index (χ3v) is 3.32. The van der Waals surface area contributed by atoms with Gasteiger partial charge in [-0.1, -0.05) is 32.4 Å². The van der Waals surface area contributed by atoms with Crippen LogP contribution >= 0.6 is 0 Å². The van der Waals surface area contributed by atoms with E-state index in [1.54, 1.807) is 0 Å². The number of hydrogen-bond acceptors (Lipinski definition) is 2. The van der Waals surface area contributed by atoms with Crippen LogP contribution in [0.4, 0.5) is 0 Å². The maximum absolute atomic E-state index is 5.90. The van der Waals surface area contributed by atoms with Gasteiger partial charge < -0.3 is 5.73 Å². The molecule has 0 aliphatic carbocycles. The van der Waals surface area contributed by atoms with E-state index in [2.05, 4.69) is 52.8 Å². The van der Waals surface area contributed by atoms with Crippen LogP contribution in [0.25, 0.3) is 10.9 Å². The lowest BCUT2D eigenvalue weighted by molar-refractivity contribution is 0.570. The van der Waals surface area contributed by atoms with Gasteiger partial charge in [0.2, 0.25) is 0 Å². The van der Waals surface area contributed by atoms with E-state index in [-0.39, 0.29) is 5.41 Å². The van der Waals surface area contributed by atoms with Crippen LogP contribution in [-0.2, 0) is 12.0 Å². The number of hydrogen-bond donors (Lipinski definition) is 1. The number of fused-ring (bicyclic) bond motifs is 1. The molecule has 0 atom stereocenters. The third kappa shape index (κ3) is 2.25. The largest absolute Gasteiger partial charge is 0.326 e. The monoisotopic (exact) mass is 242 g/mol. The van der Waals surface area contributed by atoms with Crippen molar-refractivity contribution >= 4 is 10.9 Å². The van der Waals surface area contributed by atoms with Crippen molar-refractivity contribution in [3.63, 3.8) is 0 Å². The van der Waals surface area contributed by atoms with Crippen LogP contribution in [0.3, 0.4) is 0 Å². The molecule has 1 aromatic heterocycles. The van der Waals surface area contributed by atoms with Gasteiger partial charge in [0, 0.05) is 23.0 Å². The molecule has 0 radical (unpaired) electrons. The van der Waals surface area contributed by atoms with Gasteiger partial charge in [0.25, 0.3) is 0 Å². The zero-order valence-corrected chi connectivity index (χ0v) is 12.0. The molecule has 2 N–H and O–H groups in total. The van der Waals surface area contributed by atoms with Gasteiger partial charge in [0.05, 0.1) is 5.52 Å². The van der Waals surface area contributed by atoms with Gasteiger partial charge in [-0.2, -0.15) is 0 Å². The lowest BCUT2D eigenvalue weighted by atomic mass is 9.89. The van der Waals surface area contributed by atoms with Gasteiger partial charge >= 0.3 is 0 Å². The third-order valence-electron chi connectivity index (χ3n) is 3.32. The van der Waals surface area contributed by atoms with Crippen LogP contribution in [0, 0.1) is 13.8 Å². The second-order valence-electron chi connectivity index (χ2n) is 6.10. The molecule has 2 rings (SSSR count).